The summed E-state index contributed by atoms with van der Waals surface area (Å²) in [7, 11) is 0. The van der Waals surface area contributed by atoms with Crippen LogP contribution in [0.3, 0.4) is 0 Å². The molecule has 0 heterocycles. The number of phenolic OH excluding ortho intramolecular Hbond substituents is 1. The van der Waals surface area contributed by atoms with E-state index in [1.165, 1.54) is 12.1 Å². The second-order valence-corrected chi connectivity index (χ2v) is 4.76. The fourth-order valence-electron chi connectivity index (χ4n) is 1.51. The minimum Gasteiger partial charge on any atom is -0.506 e. The molecule has 0 radical (unpaired) electrons. The molecular formula is C15H10Cl2O2. The lowest BCUT2D eigenvalue weighted by Crippen LogP contribution is -1.93. The molecule has 0 aliphatic carbocycles. The van der Waals surface area contributed by atoms with E-state index in [2.05, 4.69) is 0 Å². The van der Waals surface area contributed by atoms with E-state index in [-0.39, 0.29) is 16.6 Å². The highest BCUT2D eigenvalue weighted by Crippen LogP contribution is 2.24. The number of ketones is 1. The molecule has 0 spiro atoms. The van der Waals surface area contributed by atoms with E-state index in [0.717, 1.165) is 5.56 Å². The van der Waals surface area contributed by atoms with Crippen LogP contribution in [-0.2, 0) is 0 Å². The third kappa shape index (κ3) is 3.60. The van der Waals surface area contributed by atoms with Crippen molar-refractivity contribution in [3.05, 3.63) is 69.7 Å². The lowest BCUT2D eigenvalue weighted by Gasteiger charge is -1.98. The maximum Gasteiger partial charge on any atom is 0.185 e. The standard InChI is InChI=1S/C15H10Cl2O2/c16-12-5-3-11(4-6-12)14(18)7-1-10-2-8-15(19)13(17)9-10/h1-9,19H/b7-1+. The second-order valence-electron chi connectivity index (χ2n) is 3.92. The minimum atomic E-state index is -0.124. The molecule has 0 fully saturated rings. The van der Waals surface area contributed by atoms with Gasteiger partial charge in [0.05, 0.1) is 5.02 Å². The topological polar surface area (TPSA) is 37.3 Å². The molecule has 0 aliphatic heterocycles. The smallest absolute Gasteiger partial charge is 0.185 e. The highest BCUT2D eigenvalue weighted by Gasteiger charge is 2.02. The molecule has 0 aromatic heterocycles. The average Bonchev–Trinajstić information content (AvgIpc) is 2.40. The first-order valence-electron chi connectivity index (χ1n) is 5.53. The number of phenols is 1. The van der Waals surface area contributed by atoms with Crippen molar-refractivity contribution in [3.8, 4) is 5.75 Å². The molecule has 19 heavy (non-hydrogen) atoms. The molecule has 2 nitrogen and oxygen atoms in total. The Morgan fingerprint density at radius 2 is 1.74 bits per heavy atom. The van der Waals surface area contributed by atoms with Gasteiger partial charge in [-0.1, -0.05) is 35.3 Å². The quantitative estimate of drug-likeness (QED) is 0.663. The van der Waals surface area contributed by atoms with Gasteiger partial charge in [-0.2, -0.15) is 0 Å². The summed E-state index contributed by atoms with van der Waals surface area (Å²) in [6.07, 6.45) is 3.09. The minimum absolute atomic E-state index is 0.0165. The number of carbonyl (C=O) groups excluding carboxylic acids is 1. The van der Waals surface area contributed by atoms with Crippen molar-refractivity contribution in [3.63, 3.8) is 0 Å². The van der Waals surface area contributed by atoms with Crippen LogP contribution in [0.5, 0.6) is 5.75 Å². The molecular weight excluding hydrogens is 283 g/mol. The number of carbonyl (C=O) groups is 1. The lowest BCUT2D eigenvalue weighted by atomic mass is 10.1. The Hall–Kier alpha value is -1.77. The fourth-order valence-corrected chi connectivity index (χ4v) is 1.82. The van der Waals surface area contributed by atoms with Gasteiger partial charge in [0.1, 0.15) is 5.75 Å². The molecule has 2 aromatic carbocycles. The summed E-state index contributed by atoms with van der Waals surface area (Å²) >= 11 is 11.5. The summed E-state index contributed by atoms with van der Waals surface area (Å²) < 4.78 is 0. The molecule has 0 amide bonds. The maximum atomic E-state index is 11.9. The van der Waals surface area contributed by atoms with Gasteiger partial charge in [-0.15, -0.1) is 0 Å². The van der Waals surface area contributed by atoms with Gasteiger partial charge < -0.3 is 5.11 Å². The van der Waals surface area contributed by atoms with Crippen molar-refractivity contribution in [2.24, 2.45) is 0 Å². The van der Waals surface area contributed by atoms with Gasteiger partial charge in [0.2, 0.25) is 0 Å². The molecule has 4 heteroatoms. The van der Waals surface area contributed by atoms with Crippen molar-refractivity contribution < 1.29 is 9.90 Å². The van der Waals surface area contributed by atoms with Gasteiger partial charge in [0, 0.05) is 10.6 Å². The maximum absolute atomic E-state index is 11.9. The first-order chi connectivity index (χ1) is 9.06. The van der Waals surface area contributed by atoms with E-state index in [4.69, 9.17) is 23.2 Å². The summed E-state index contributed by atoms with van der Waals surface area (Å²) in [4.78, 5) is 11.9. The van der Waals surface area contributed by atoms with Crippen LogP contribution in [0.4, 0.5) is 0 Å². The van der Waals surface area contributed by atoms with E-state index in [1.807, 2.05) is 0 Å². The number of aromatic hydroxyl groups is 1. The molecule has 0 saturated heterocycles. The number of halogens is 2. The summed E-state index contributed by atoms with van der Waals surface area (Å²) in [6.45, 7) is 0. The largest absolute Gasteiger partial charge is 0.506 e. The molecule has 2 aromatic rings. The van der Waals surface area contributed by atoms with Gasteiger partial charge in [0.15, 0.2) is 5.78 Å². The molecule has 96 valence electrons. The fraction of sp³-hybridized carbons (Fsp3) is 0. The van der Waals surface area contributed by atoms with E-state index >= 15 is 0 Å². The van der Waals surface area contributed by atoms with Crippen LogP contribution in [0.15, 0.2) is 48.5 Å². The van der Waals surface area contributed by atoms with Crippen molar-refractivity contribution in [1.29, 1.82) is 0 Å². The van der Waals surface area contributed by atoms with Gasteiger partial charge in [-0.3, -0.25) is 4.79 Å². The Balaban J connectivity index is 2.15. The van der Waals surface area contributed by atoms with Crippen molar-refractivity contribution in [2.45, 2.75) is 0 Å². The predicted molar refractivity (Wildman–Crippen MR) is 77.9 cm³/mol. The SMILES string of the molecule is O=C(/C=C/c1ccc(O)c(Cl)c1)c1ccc(Cl)cc1. The zero-order valence-electron chi connectivity index (χ0n) is 9.81. The highest BCUT2D eigenvalue weighted by atomic mass is 35.5. The Bertz CT molecular complexity index is 631. The normalized spacial score (nSPS) is 10.8. The van der Waals surface area contributed by atoms with Gasteiger partial charge >= 0.3 is 0 Å². The van der Waals surface area contributed by atoms with Crippen LogP contribution < -0.4 is 0 Å². The molecule has 0 bridgehead atoms. The van der Waals surface area contributed by atoms with Crippen molar-refractivity contribution in [1.82, 2.24) is 0 Å². The monoisotopic (exact) mass is 292 g/mol. The molecule has 0 saturated carbocycles. The molecule has 2 rings (SSSR count). The van der Waals surface area contributed by atoms with Crippen LogP contribution >= 0.6 is 23.2 Å². The zero-order chi connectivity index (χ0) is 13.8. The van der Waals surface area contributed by atoms with E-state index < -0.39 is 0 Å². The number of hydrogen-bond acceptors (Lipinski definition) is 2. The molecule has 0 aliphatic rings. The lowest BCUT2D eigenvalue weighted by molar-refractivity contribution is 0.104. The van der Waals surface area contributed by atoms with Crippen LogP contribution in [0.2, 0.25) is 10.0 Å². The first kappa shape index (κ1) is 13.7. The second kappa shape index (κ2) is 5.91. The van der Waals surface area contributed by atoms with Gasteiger partial charge in [0.25, 0.3) is 0 Å². The number of benzene rings is 2. The van der Waals surface area contributed by atoms with Crippen LogP contribution in [0.25, 0.3) is 6.08 Å². The number of hydrogen-bond donors (Lipinski definition) is 1. The summed E-state index contributed by atoms with van der Waals surface area (Å²) in [5, 5.41) is 10.1. The van der Waals surface area contributed by atoms with Gasteiger partial charge in [-0.25, -0.2) is 0 Å². The van der Waals surface area contributed by atoms with E-state index in [9.17, 15) is 9.90 Å². The van der Waals surface area contributed by atoms with Crippen LogP contribution in [0, 0.1) is 0 Å². The third-order valence-corrected chi connectivity index (χ3v) is 3.08. The summed E-state index contributed by atoms with van der Waals surface area (Å²) in [5.74, 6) is -0.108. The number of allylic oxidation sites excluding steroid dienone is 1. The van der Waals surface area contributed by atoms with Crippen molar-refractivity contribution >= 4 is 35.1 Å². The Labute approximate surface area is 120 Å². The molecule has 0 unspecified atom stereocenters. The highest BCUT2D eigenvalue weighted by molar-refractivity contribution is 6.32. The van der Waals surface area contributed by atoms with E-state index in [0.29, 0.717) is 10.6 Å². The molecule has 0 atom stereocenters. The Kier molecular flexibility index (Phi) is 4.25. The van der Waals surface area contributed by atoms with Crippen LogP contribution in [-0.4, -0.2) is 10.9 Å². The van der Waals surface area contributed by atoms with Gasteiger partial charge in [-0.05, 0) is 48.0 Å². The predicted octanol–water partition coefficient (Wildman–Crippen LogP) is 4.60. The Morgan fingerprint density at radius 3 is 2.37 bits per heavy atom. The average molecular weight is 293 g/mol. The third-order valence-electron chi connectivity index (χ3n) is 2.53. The van der Waals surface area contributed by atoms with E-state index in [1.54, 1.807) is 42.5 Å². The van der Waals surface area contributed by atoms with Crippen LogP contribution in [0.1, 0.15) is 15.9 Å². The molecule has 1 N–H and O–H groups in total. The first-order valence-corrected chi connectivity index (χ1v) is 6.28. The summed E-state index contributed by atoms with van der Waals surface area (Å²) in [6, 6.07) is 11.4. The Morgan fingerprint density at radius 1 is 1.05 bits per heavy atom. The number of rotatable bonds is 3. The summed E-state index contributed by atoms with van der Waals surface area (Å²) in [5.41, 5.74) is 1.30. The van der Waals surface area contributed by atoms with Crippen molar-refractivity contribution in [2.75, 3.05) is 0 Å². The zero-order valence-corrected chi connectivity index (χ0v) is 11.3.